The van der Waals surface area contributed by atoms with Crippen LogP contribution >= 0.6 is 0 Å². The van der Waals surface area contributed by atoms with Gasteiger partial charge in [-0.1, -0.05) is 13.0 Å². The smallest absolute Gasteiger partial charge is 0.251 e. The number of hydrogen-bond donors (Lipinski definition) is 2. The molecule has 2 aromatic heterocycles. The van der Waals surface area contributed by atoms with Gasteiger partial charge in [0.25, 0.3) is 5.91 Å². The number of pyridine rings is 2. The number of aliphatic hydroxyl groups is 1. The molecule has 0 saturated heterocycles. The standard InChI is InChI=1S/C25H26FN3O2/c1-15-12-25(15,29-23(30)17-5-8-19(26)9-6-17)18-7-10-22(28-13-18)20-14-27-16(2)11-21(20)24(3,4)31/h5-11,13-15,31H,12H2,1-4H3,(H,29,30). The number of carbonyl (C=O) groups is 1. The lowest BCUT2D eigenvalue weighted by Crippen LogP contribution is -2.36. The van der Waals surface area contributed by atoms with Crippen LogP contribution in [0.1, 0.15) is 54.4 Å². The number of aryl methyl sites for hydroxylation is 1. The molecule has 6 heteroatoms. The van der Waals surface area contributed by atoms with Crippen LogP contribution in [0.2, 0.25) is 0 Å². The van der Waals surface area contributed by atoms with Crippen molar-refractivity contribution in [3.8, 4) is 11.3 Å². The van der Waals surface area contributed by atoms with Crippen molar-refractivity contribution in [1.29, 1.82) is 0 Å². The van der Waals surface area contributed by atoms with E-state index < -0.39 is 11.1 Å². The molecule has 0 bridgehead atoms. The molecule has 2 N–H and O–H groups in total. The van der Waals surface area contributed by atoms with Crippen molar-refractivity contribution in [2.45, 2.75) is 45.3 Å². The Kier molecular flexibility index (Phi) is 5.13. The predicted octanol–water partition coefficient (Wildman–Crippen LogP) is 4.48. The maximum atomic E-state index is 13.2. The minimum absolute atomic E-state index is 0.236. The Bertz CT molecular complexity index is 1120. The highest BCUT2D eigenvalue weighted by Gasteiger charge is 2.53. The topological polar surface area (TPSA) is 75.1 Å². The van der Waals surface area contributed by atoms with Crippen molar-refractivity contribution in [3.05, 3.63) is 83.1 Å². The first kappa shape index (κ1) is 21.1. The van der Waals surface area contributed by atoms with E-state index in [-0.39, 0.29) is 17.6 Å². The van der Waals surface area contributed by atoms with E-state index in [1.165, 1.54) is 24.3 Å². The van der Waals surface area contributed by atoms with E-state index in [1.807, 2.05) is 25.1 Å². The van der Waals surface area contributed by atoms with Crippen molar-refractivity contribution in [2.24, 2.45) is 5.92 Å². The number of hydrogen-bond acceptors (Lipinski definition) is 4. The third kappa shape index (κ3) is 4.08. The van der Waals surface area contributed by atoms with Crippen LogP contribution in [0.4, 0.5) is 4.39 Å². The van der Waals surface area contributed by atoms with E-state index in [1.54, 1.807) is 26.2 Å². The Balaban J connectivity index is 1.62. The lowest BCUT2D eigenvalue weighted by molar-refractivity contribution is 0.0790. The van der Waals surface area contributed by atoms with E-state index in [4.69, 9.17) is 0 Å². The molecule has 160 valence electrons. The zero-order chi connectivity index (χ0) is 22.4. The van der Waals surface area contributed by atoms with Crippen LogP contribution in [0.3, 0.4) is 0 Å². The zero-order valence-electron chi connectivity index (χ0n) is 18.1. The molecule has 3 aromatic rings. The van der Waals surface area contributed by atoms with E-state index in [9.17, 15) is 14.3 Å². The van der Waals surface area contributed by atoms with E-state index >= 15 is 0 Å². The molecule has 0 radical (unpaired) electrons. The summed E-state index contributed by atoms with van der Waals surface area (Å²) in [5, 5.41) is 13.7. The summed E-state index contributed by atoms with van der Waals surface area (Å²) in [7, 11) is 0. The normalized spacial score (nSPS) is 20.4. The van der Waals surface area contributed by atoms with Gasteiger partial charge in [-0.2, -0.15) is 0 Å². The van der Waals surface area contributed by atoms with Crippen LogP contribution in [0.5, 0.6) is 0 Å². The van der Waals surface area contributed by atoms with Crippen molar-refractivity contribution in [2.75, 3.05) is 0 Å². The van der Waals surface area contributed by atoms with Crippen molar-refractivity contribution >= 4 is 5.91 Å². The van der Waals surface area contributed by atoms with Gasteiger partial charge in [-0.3, -0.25) is 14.8 Å². The van der Waals surface area contributed by atoms with Gasteiger partial charge in [0.2, 0.25) is 0 Å². The van der Waals surface area contributed by atoms with Crippen LogP contribution in [-0.4, -0.2) is 21.0 Å². The fourth-order valence-electron chi connectivity index (χ4n) is 4.04. The molecule has 4 rings (SSSR count). The molecule has 1 amide bonds. The highest BCUT2D eigenvalue weighted by Crippen LogP contribution is 2.51. The minimum atomic E-state index is -1.03. The quantitative estimate of drug-likeness (QED) is 0.639. The number of aromatic nitrogens is 2. The monoisotopic (exact) mass is 419 g/mol. The number of nitrogens with one attached hydrogen (secondary N) is 1. The molecular weight excluding hydrogens is 393 g/mol. The summed E-state index contributed by atoms with van der Waals surface area (Å²) in [5.74, 6) is -0.347. The van der Waals surface area contributed by atoms with Crippen LogP contribution in [-0.2, 0) is 11.1 Å². The van der Waals surface area contributed by atoms with E-state index in [0.29, 0.717) is 11.3 Å². The second-order valence-corrected chi connectivity index (χ2v) is 8.90. The fourth-order valence-corrected chi connectivity index (χ4v) is 4.04. The summed E-state index contributed by atoms with van der Waals surface area (Å²) in [5.41, 5.74) is 2.90. The average molecular weight is 420 g/mol. The number of carbonyl (C=O) groups excluding carboxylic acids is 1. The minimum Gasteiger partial charge on any atom is -0.386 e. The highest BCUT2D eigenvalue weighted by molar-refractivity contribution is 5.95. The molecule has 2 unspecified atom stereocenters. The van der Waals surface area contributed by atoms with Crippen molar-refractivity contribution in [1.82, 2.24) is 15.3 Å². The third-order valence-corrected chi connectivity index (χ3v) is 6.01. The Labute approximate surface area is 181 Å². The Hall–Kier alpha value is -3.12. The van der Waals surface area contributed by atoms with Gasteiger partial charge in [-0.25, -0.2) is 4.39 Å². The molecule has 1 saturated carbocycles. The molecule has 31 heavy (non-hydrogen) atoms. The van der Waals surface area contributed by atoms with E-state index in [2.05, 4.69) is 22.2 Å². The zero-order valence-corrected chi connectivity index (χ0v) is 18.1. The molecule has 5 nitrogen and oxygen atoms in total. The molecule has 1 aromatic carbocycles. The molecular formula is C25H26FN3O2. The number of amides is 1. The summed E-state index contributed by atoms with van der Waals surface area (Å²) in [6.45, 7) is 7.45. The highest BCUT2D eigenvalue weighted by atomic mass is 19.1. The van der Waals surface area contributed by atoms with E-state index in [0.717, 1.165) is 28.8 Å². The third-order valence-electron chi connectivity index (χ3n) is 6.01. The molecule has 1 fully saturated rings. The molecule has 1 aliphatic carbocycles. The summed E-state index contributed by atoms with van der Waals surface area (Å²) in [4.78, 5) is 21.7. The molecule has 0 spiro atoms. The number of rotatable bonds is 5. The van der Waals surface area contributed by atoms with Gasteiger partial charge in [0.1, 0.15) is 5.82 Å². The largest absolute Gasteiger partial charge is 0.386 e. The first-order valence-corrected chi connectivity index (χ1v) is 10.3. The Morgan fingerprint density at radius 1 is 1.16 bits per heavy atom. The number of nitrogens with zero attached hydrogens (tertiary/aromatic N) is 2. The summed E-state index contributed by atoms with van der Waals surface area (Å²) in [6.07, 6.45) is 4.32. The molecule has 2 atom stereocenters. The molecule has 2 heterocycles. The van der Waals surface area contributed by atoms with Gasteiger partial charge in [-0.05, 0) is 80.6 Å². The fraction of sp³-hybridized carbons (Fsp3) is 0.320. The lowest BCUT2D eigenvalue weighted by Gasteiger charge is -2.22. The van der Waals surface area contributed by atoms with Gasteiger partial charge < -0.3 is 10.4 Å². The lowest BCUT2D eigenvalue weighted by atomic mass is 9.92. The van der Waals surface area contributed by atoms with Gasteiger partial charge >= 0.3 is 0 Å². The maximum absolute atomic E-state index is 13.2. The van der Waals surface area contributed by atoms with Crippen LogP contribution in [0.25, 0.3) is 11.3 Å². The summed E-state index contributed by atoms with van der Waals surface area (Å²) in [6, 6.07) is 11.3. The number of halogens is 1. The van der Waals surface area contributed by atoms with Crippen molar-refractivity contribution in [3.63, 3.8) is 0 Å². The summed E-state index contributed by atoms with van der Waals surface area (Å²) >= 11 is 0. The Morgan fingerprint density at radius 2 is 1.84 bits per heavy atom. The Morgan fingerprint density at radius 3 is 2.39 bits per heavy atom. The first-order chi connectivity index (χ1) is 14.6. The number of benzene rings is 1. The maximum Gasteiger partial charge on any atom is 0.251 e. The average Bonchev–Trinajstić information content (AvgIpc) is 3.38. The second-order valence-electron chi connectivity index (χ2n) is 8.90. The van der Waals surface area contributed by atoms with Crippen LogP contribution in [0.15, 0.2) is 54.9 Å². The van der Waals surface area contributed by atoms with Gasteiger partial charge in [-0.15, -0.1) is 0 Å². The van der Waals surface area contributed by atoms with Crippen molar-refractivity contribution < 1.29 is 14.3 Å². The SMILES string of the molecule is Cc1cc(C(C)(C)O)c(-c2ccc(C3(NC(=O)c4ccc(F)cc4)CC3C)cn2)cn1. The summed E-state index contributed by atoms with van der Waals surface area (Å²) < 4.78 is 13.2. The van der Waals surface area contributed by atoms with Crippen LogP contribution in [0, 0.1) is 18.7 Å². The van der Waals surface area contributed by atoms with Gasteiger partial charge in [0.15, 0.2) is 0 Å². The van der Waals surface area contributed by atoms with Gasteiger partial charge in [0.05, 0.1) is 16.8 Å². The first-order valence-electron chi connectivity index (χ1n) is 10.3. The molecule has 0 aliphatic heterocycles. The predicted molar refractivity (Wildman–Crippen MR) is 117 cm³/mol. The molecule has 1 aliphatic rings. The van der Waals surface area contributed by atoms with Gasteiger partial charge in [0, 0.05) is 29.2 Å². The van der Waals surface area contributed by atoms with Crippen LogP contribution < -0.4 is 5.32 Å². The second kappa shape index (κ2) is 7.54.